The van der Waals surface area contributed by atoms with Gasteiger partial charge in [-0.3, -0.25) is 4.79 Å². The van der Waals surface area contributed by atoms with Gasteiger partial charge in [0.25, 0.3) is 0 Å². The molecule has 5 nitrogen and oxygen atoms in total. The lowest BCUT2D eigenvalue weighted by molar-refractivity contribution is -0.121. The molecule has 0 bridgehead atoms. The molecular weight excluding hydrogens is 352 g/mol. The van der Waals surface area contributed by atoms with E-state index < -0.39 is 0 Å². The van der Waals surface area contributed by atoms with E-state index in [0.29, 0.717) is 25.3 Å². The molecule has 1 aliphatic rings. The molecule has 1 fully saturated rings. The van der Waals surface area contributed by atoms with Gasteiger partial charge in [0.2, 0.25) is 5.91 Å². The van der Waals surface area contributed by atoms with Crippen LogP contribution < -0.4 is 14.8 Å². The molecule has 0 aromatic heterocycles. The van der Waals surface area contributed by atoms with E-state index in [-0.39, 0.29) is 5.91 Å². The van der Waals surface area contributed by atoms with Crippen molar-refractivity contribution >= 4 is 5.91 Å². The quantitative estimate of drug-likeness (QED) is 0.575. The predicted molar refractivity (Wildman–Crippen MR) is 114 cm³/mol. The number of amides is 1. The maximum atomic E-state index is 12.2. The van der Waals surface area contributed by atoms with Gasteiger partial charge in [-0.15, -0.1) is 0 Å². The number of hydrogen-bond acceptors (Lipinski definition) is 4. The summed E-state index contributed by atoms with van der Waals surface area (Å²) < 4.78 is 11.4. The van der Waals surface area contributed by atoms with Crippen LogP contribution >= 0.6 is 0 Å². The standard InChI is InChI=1S/C23H38N2O3/c1-4-25(5-2)15-16-28-21-13-11-20(17-22(21)27-3)18-24-23(26)14-12-19-9-7-6-8-10-19/h11,13,17,19H,4-10,12,14-16,18H2,1-3H3,(H,24,26). The molecule has 158 valence electrons. The molecule has 5 heteroatoms. The zero-order valence-electron chi connectivity index (χ0n) is 18.0. The lowest BCUT2D eigenvalue weighted by atomic mass is 9.86. The van der Waals surface area contributed by atoms with E-state index in [0.717, 1.165) is 43.3 Å². The third-order valence-corrected chi connectivity index (χ3v) is 5.78. The molecule has 0 atom stereocenters. The van der Waals surface area contributed by atoms with Crippen LogP contribution in [0.3, 0.4) is 0 Å². The first-order chi connectivity index (χ1) is 13.7. The zero-order valence-corrected chi connectivity index (χ0v) is 18.0. The molecular formula is C23H38N2O3. The van der Waals surface area contributed by atoms with Crippen molar-refractivity contribution in [1.82, 2.24) is 10.2 Å². The summed E-state index contributed by atoms with van der Waals surface area (Å²) in [7, 11) is 1.65. The first kappa shape index (κ1) is 22.5. The minimum absolute atomic E-state index is 0.143. The number of carbonyl (C=O) groups excluding carboxylic acids is 1. The summed E-state index contributed by atoms with van der Waals surface area (Å²) >= 11 is 0. The summed E-state index contributed by atoms with van der Waals surface area (Å²) in [5, 5.41) is 3.04. The van der Waals surface area contributed by atoms with E-state index in [1.807, 2.05) is 18.2 Å². The maximum Gasteiger partial charge on any atom is 0.220 e. The highest BCUT2D eigenvalue weighted by atomic mass is 16.5. The number of methoxy groups -OCH3 is 1. The van der Waals surface area contributed by atoms with Gasteiger partial charge in [0.15, 0.2) is 11.5 Å². The van der Waals surface area contributed by atoms with Crippen molar-refractivity contribution < 1.29 is 14.3 Å². The van der Waals surface area contributed by atoms with Gasteiger partial charge in [0.05, 0.1) is 7.11 Å². The van der Waals surface area contributed by atoms with Crippen molar-refractivity contribution in [2.75, 3.05) is 33.4 Å². The highest BCUT2D eigenvalue weighted by Crippen LogP contribution is 2.29. The summed E-state index contributed by atoms with van der Waals surface area (Å²) in [4.78, 5) is 14.5. The molecule has 28 heavy (non-hydrogen) atoms. The number of rotatable bonds is 12. The van der Waals surface area contributed by atoms with Crippen molar-refractivity contribution in [1.29, 1.82) is 0 Å². The van der Waals surface area contributed by atoms with Crippen LogP contribution in [0.15, 0.2) is 18.2 Å². The Bertz CT molecular complexity index is 581. The summed E-state index contributed by atoms with van der Waals surface area (Å²) in [6, 6.07) is 5.88. The second-order valence-electron chi connectivity index (χ2n) is 7.68. The van der Waals surface area contributed by atoms with E-state index in [1.165, 1.54) is 32.1 Å². The molecule has 0 heterocycles. The Balaban J connectivity index is 1.76. The van der Waals surface area contributed by atoms with Gasteiger partial charge in [-0.2, -0.15) is 0 Å². The summed E-state index contributed by atoms with van der Waals surface area (Å²) in [5.41, 5.74) is 1.03. The molecule has 2 rings (SSSR count). The highest BCUT2D eigenvalue weighted by molar-refractivity contribution is 5.75. The molecule has 0 radical (unpaired) electrons. The fourth-order valence-corrected chi connectivity index (χ4v) is 3.87. The predicted octanol–water partition coefficient (Wildman–Crippen LogP) is 4.39. The minimum atomic E-state index is 0.143. The Morgan fingerprint density at radius 2 is 1.89 bits per heavy atom. The van der Waals surface area contributed by atoms with Crippen molar-refractivity contribution in [3.63, 3.8) is 0 Å². The Kier molecular flexibility index (Phi) is 10.2. The maximum absolute atomic E-state index is 12.2. The number of ether oxygens (including phenoxy) is 2. The van der Waals surface area contributed by atoms with E-state index in [2.05, 4.69) is 24.1 Å². The number of benzene rings is 1. The second-order valence-corrected chi connectivity index (χ2v) is 7.68. The summed E-state index contributed by atoms with van der Waals surface area (Å²) in [6.07, 6.45) is 8.26. The monoisotopic (exact) mass is 390 g/mol. The van der Waals surface area contributed by atoms with Crippen LogP contribution in [0.4, 0.5) is 0 Å². The fraction of sp³-hybridized carbons (Fsp3) is 0.696. The van der Waals surface area contributed by atoms with Crippen molar-refractivity contribution in [3.8, 4) is 11.5 Å². The van der Waals surface area contributed by atoms with Gasteiger partial charge < -0.3 is 19.7 Å². The summed E-state index contributed by atoms with van der Waals surface area (Å²) in [5.74, 6) is 2.35. The average Bonchev–Trinajstić information content (AvgIpc) is 2.75. The second kappa shape index (κ2) is 12.7. The zero-order chi connectivity index (χ0) is 20.2. The van der Waals surface area contributed by atoms with Gasteiger partial charge in [-0.1, -0.05) is 52.0 Å². The Hall–Kier alpha value is -1.75. The van der Waals surface area contributed by atoms with E-state index in [9.17, 15) is 4.79 Å². The Morgan fingerprint density at radius 1 is 1.14 bits per heavy atom. The van der Waals surface area contributed by atoms with Crippen LogP contribution in [-0.4, -0.2) is 44.2 Å². The molecule has 1 amide bonds. The molecule has 1 N–H and O–H groups in total. The normalized spacial score (nSPS) is 14.9. The average molecular weight is 391 g/mol. The smallest absolute Gasteiger partial charge is 0.220 e. The van der Waals surface area contributed by atoms with Crippen LogP contribution in [0.1, 0.15) is 64.4 Å². The molecule has 1 aliphatic carbocycles. The van der Waals surface area contributed by atoms with Crippen molar-refractivity contribution in [3.05, 3.63) is 23.8 Å². The first-order valence-electron chi connectivity index (χ1n) is 10.9. The van der Waals surface area contributed by atoms with Gasteiger partial charge in [-0.05, 0) is 43.1 Å². The van der Waals surface area contributed by atoms with E-state index in [4.69, 9.17) is 9.47 Å². The summed E-state index contributed by atoms with van der Waals surface area (Å²) in [6.45, 7) is 8.42. The van der Waals surface area contributed by atoms with Gasteiger partial charge in [0, 0.05) is 19.5 Å². The number of nitrogens with zero attached hydrogens (tertiary/aromatic N) is 1. The highest BCUT2D eigenvalue weighted by Gasteiger charge is 2.15. The minimum Gasteiger partial charge on any atom is -0.493 e. The lowest BCUT2D eigenvalue weighted by Gasteiger charge is -2.21. The SMILES string of the molecule is CCN(CC)CCOc1ccc(CNC(=O)CCC2CCCCC2)cc1OC. The van der Waals surface area contributed by atoms with Gasteiger partial charge in [-0.25, -0.2) is 0 Å². The molecule has 0 aliphatic heterocycles. The van der Waals surface area contributed by atoms with Gasteiger partial charge in [0.1, 0.15) is 6.61 Å². The molecule has 1 saturated carbocycles. The Morgan fingerprint density at radius 3 is 2.57 bits per heavy atom. The van der Waals surface area contributed by atoms with Gasteiger partial charge >= 0.3 is 0 Å². The third kappa shape index (κ3) is 7.70. The molecule has 0 spiro atoms. The van der Waals surface area contributed by atoms with Crippen molar-refractivity contribution in [2.45, 2.75) is 65.3 Å². The van der Waals surface area contributed by atoms with E-state index in [1.54, 1.807) is 7.11 Å². The number of carbonyl (C=O) groups is 1. The van der Waals surface area contributed by atoms with E-state index >= 15 is 0 Å². The van der Waals surface area contributed by atoms with Crippen LogP contribution in [0, 0.1) is 5.92 Å². The van der Waals surface area contributed by atoms with Crippen LogP contribution in [0.25, 0.3) is 0 Å². The van der Waals surface area contributed by atoms with Crippen LogP contribution in [0.2, 0.25) is 0 Å². The number of likely N-dealkylation sites (N-methyl/N-ethyl adjacent to an activating group) is 1. The topological polar surface area (TPSA) is 50.8 Å². The largest absolute Gasteiger partial charge is 0.493 e. The Labute approximate surface area is 170 Å². The van der Waals surface area contributed by atoms with Crippen LogP contribution in [0.5, 0.6) is 11.5 Å². The first-order valence-corrected chi connectivity index (χ1v) is 10.9. The van der Waals surface area contributed by atoms with Crippen molar-refractivity contribution in [2.24, 2.45) is 5.92 Å². The third-order valence-electron chi connectivity index (χ3n) is 5.78. The molecule has 1 aromatic rings. The van der Waals surface area contributed by atoms with Crippen LogP contribution in [-0.2, 0) is 11.3 Å². The fourth-order valence-electron chi connectivity index (χ4n) is 3.87. The molecule has 0 unspecified atom stereocenters. The lowest BCUT2D eigenvalue weighted by Crippen LogP contribution is -2.28. The number of hydrogen-bond donors (Lipinski definition) is 1. The number of nitrogens with one attached hydrogen (secondary N) is 1. The molecule has 1 aromatic carbocycles. The molecule has 0 saturated heterocycles.